The van der Waals surface area contributed by atoms with E-state index < -0.39 is 34.2 Å². The van der Waals surface area contributed by atoms with E-state index in [1.165, 1.54) is 19.2 Å². The number of nitrogens with zero attached hydrogens (tertiary/aromatic N) is 2. The fraction of sp³-hybridized carbons (Fsp3) is 0.333. The van der Waals surface area contributed by atoms with Crippen LogP contribution in [0.3, 0.4) is 0 Å². The van der Waals surface area contributed by atoms with Gasteiger partial charge in [0.25, 0.3) is 0 Å². The van der Waals surface area contributed by atoms with Crippen molar-refractivity contribution in [3.05, 3.63) is 72.8 Å². The molecule has 11 heteroatoms. The van der Waals surface area contributed by atoms with Crippen molar-refractivity contribution in [3.63, 3.8) is 0 Å². The molecule has 1 heterocycles. The van der Waals surface area contributed by atoms with Gasteiger partial charge in [-0.3, -0.25) is 0 Å². The number of hydrogen-bond acceptors (Lipinski definition) is 6. The number of para-hydroxylation sites is 4. The lowest BCUT2D eigenvalue weighted by atomic mass is 9.98. The van der Waals surface area contributed by atoms with Crippen molar-refractivity contribution in [2.45, 2.75) is 55.1 Å². The number of alkyl halides is 3. The summed E-state index contributed by atoms with van der Waals surface area (Å²) in [5, 5.41) is 11.7. The van der Waals surface area contributed by atoms with Gasteiger partial charge in [0.2, 0.25) is 0 Å². The van der Waals surface area contributed by atoms with Crippen molar-refractivity contribution in [2.75, 3.05) is 11.9 Å². The van der Waals surface area contributed by atoms with Gasteiger partial charge in [-0.05, 0) is 61.4 Å². The van der Waals surface area contributed by atoms with E-state index in [2.05, 4.69) is 18.7 Å². The van der Waals surface area contributed by atoms with Crippen LogP contribution in [0.2, 0.25) is 0 Å². The number of halogens is 3. The third kappa shape index (κ3) is 5.31. The summed E-state index contributed by atoms with van der Waals surface area (Å²) in [7, 11) is -1.88. The maximum absolute atomic E-state index is 13.9. The largest absolute Gasteiger partial charge is 0.573 e. The highest BCUT2D eigenvalue weighted by Crippen LogP contribution is 2.49. The molecule has 0 aromatic heterocycles. The van der Waals surface area contributed by atoms with Gasteiger partial charge in [-0.15, -0.1) is 13.2 Å². The average Bonchev–Trinajstić information content (AvgIpc) is 3.07. The lowest BCUT2D eigenvalue weighted by molar-refractivity contribution is -0.274. The minimum atomic E-state index is -4.83. The maximum Gasteiger partial charge on any atom is 0.573 e. The van der Waals surface area contributed by atoms with Crippen LogP contribution in [0.25, 0.3) is 0 Å². The monoisotopic (exact) mass is 547 g/mol. The lowest BCUT2D eigenvalue weighted by Gasteiger charge is -2.41. The third-order valence-corrected chi connectivity index (χ3v) is 8.87. The van der Waals surface area contributed by atoms with Gasteiger partial charge in [0.15, 0.2) is 11.5 Å². The van der Waals surface area contributed by atoms with Gasteiger partial charge in [-0.2, -0.15) is 0 Å². The third-order valence-electron chi connectivity index (χ3n) is 6.82. The number of ether oxygens (including phenoxy) is 2. The number of benzene rings is 3. The molecule has 0 saturated heterocycles. The summed E-state index contributed by atoms with van der Waals surface area (Å²) in [4.78, 5) is 2.29. The van der Waals surface area contributed by atoms with Crippen molar-refractivity contribution < 1.29 is 32.0 Å². The second-order valence-corrected chi connectivity index (χ2v) is 11.3. The van der Waals surface area contributed by atoms with Crippen molar-refractivity contribution in [1.82, 2.24) is 4.72 Å². The first-order chi connectivity index (χ1) is 18.2. The second kappa shape index (κ2) is 10.5. The number of nitrogens with one attached hydrogen (secondary N) is 1. The fourth-order valence-corrected chi connectivity index (χ4v) is 6.71. The van der Waals surface area contributed by atoms with Crippen LogP contribution in [-0.2, 0) is 9.92 Å². The average molecular weight is 548 g/mol. The molecule has 2 aliphatic rings. The Morgan fingerprint density at radius 2 is 1.55 bits per heavy atom. The summed E-state index contributed by atoms with van der Waals surface area (Å²) in [6.07, 6.45) is -2.89. The summed E-state index contributed by atoms with van der Waals surface area (Å²) in [5.74, 6) is 0.944. The first-order valence-electron chi connectivity index (χ1n) is 12.3. The molecular weight excluding hydrogens is 519 g/mol. The van der Waals surface area contributed by atoms with Gasteiger partial charge in [0.05, 0.1) is 28.4 Å². The van der Waals surface area contributed by atoms with E-state index in [9.17, 15) is 22.5 Å². The zero-order valence-electron chi connectivity index (χ0n) is 20.6. The van der Waals surface area contributed by atoms with Gasteiger partial charge in [-0.25, -0.2) is 13.3 Å². The van der Waals surface area contributed by atoms with E-state index >= 15 is 0 Å². The molecule has 0 bridgehead atoms. The number of aliphatic hydroxyl groups excluding tert-OH is 1. The number of anilines is 2. The van der Waals surface area contributed by atoms with Crippen LogP contribution in [0.4, 0.5) is 24.5 Å². The number of hydrogen-bond donors (Lipinski definition) is 2. The molecule has 3 aromatic carbocycles. The van der Waals surface area contributed by atoms with Crippen molar-refractivity contribution >= 4 is 21.3 Å². The van der Waals surface area contributed by atoms with E-state index in [4.69, 9.17) is 4.74 Å². The molecule has 1 aliphatic carbocycles. The smallest absolute Gasteiger partial charge is 0.453 e. The van der Waals surface area contributed by atoms with Crippen LogP contribution >= 0.6 is 0 Å². The lowest BCUT2D eigenvalue weighted by Crippen LogP contribution is -2.52. The van der Waals surface area contributed by atoms with Gasteiger partial charge < -0.3 is 19.5 Å². The summed E-state index contributed by atoms with van der Waals surface area (Å²) >= 11 is 0. The van der Waals surface area contributed by atoms with Gasteiger partial charge in [0.1, 0.15) is 15.7 Å². The molecule has 0 radical (unpaired) electrons. The van der Waals surface area contributed by atoms with Crippen molar-refractivity contribution in [3.8, 4) is 17.2 Å². The Kier molecular flexibility index (Phi) is 7.26. The molecule has 5 rings (SSSR count). The number of rotatable bonds is 5. The normalized spacial score (nSPS) is 22.8. The second-order valence-electron chi connectivity index (χ2n) is 9.20. The van der Waals surface area contributed by atoms with Crippen molar-refractivity contribution in [2.24, 2.45) is 4.36 Å². The van der Waals surface area contributed by atoms with Gasteiger partial charge >= 0.3 is 6.36 Å². The minimum Gasteiger partial charge on any atom is -0.453 e. The SMILES string of the molecule is CN=S(=O)(N[C@H]1CCCC[C@@H](N2c3ccccc3Oc3ccccc32)[C@H]1O)c1ccc(OC(F)(F)F)cc1. The molecular formula is C27H28F3N3O4S. The van der Waals surface area contributed by atoms with E-state index in [-0.39, 0.29) is 10.9 Å². The molecule has 1 aliphatic heterocycles. The van der Waals surface area contributed by atoms with Crippen LogP contribution in [0.5, 0.6) is 17.2 Å². The Morgan fingerprint density at radius 1 is 0.974 bits per heavy atom. The summed E-state index contributed by atoms with van der Waals surface area (Å²) in [6, 6.07) is 19.1. The standard InChI is InChI=1S/C27H28F3N3O4S/c1-31-38(35,19-16-14-18(15-17-19)37-27(28,29)30)32-20-8-2-3-11-23(26(20)34)33-21-9-4-6-12-24(21)36-25-13-7-5-10-22(25)33/h4-7,9-10,12-17,20,23,26,34H,2-3,8,11H2,1H3,(H,31,32,35)/t20-,23+,26-,38?/m0/s1. The van der Waals surface area contributed by atoms with E-state index in [0.29, 0.717) is 24.3 Å². The summed E-state index contributed by atoms with van der Waals surface area (Å²) in [6.45, 7) is 0. The maximum atomic E-state index is 13.9. The molecule has 2 N–H and O–H groups in total. The molecule has 1 unspecified atom stereocenters. The zero-order chi connectivity index (χ0) is 26.9. The van der Waals surface area contributed by atoms with E-state index in [1.54, 1.807) is 0 Å². The molecule has 4 atom stereocenters. The van der Waals surface area contributed by atoms with E-state index in [0.717, 1.165) is 36.3 Å². The molecule has 38 heavy (non-hydrogen) atoms. The molecule has 202 valence electrons. The van der Waals surface area contributed by atoms with E-state index in [1.807, 2.05) is 48.5 Å². The van der Waals surface area contributed by atoms with Crippen LogP contribution in [0.1, 0.15) is 25.7 Å². The van der Waals surface area contributed by atoms with Gasteiger partial charge in [0, 0.05) is 13.1 Å². The molecule has 1 fully saturated rings. The predicted octanol–water partition coefficient (Wildman–Crippen LogP) is 6.16. The van der Waals surface area contributed by atoms with Crippen LogP contribution < -0.4 is 19.1 Å². The highest BCUT2D eigenvalue weighted by atomic mass is 32.2. The fourth-order valence-electron chi connectivity index (χ4n) is 5.09. The van der Waals surface area contributed by atoms with Crippen LogP contribution in [-0.4, -0.2) is 40.9 Å². The van der Waals surface area contributed by atoms with Crippen LogP contribution in [0.15, 0.2) is 82.1 Å². The predicted molar refractivity (Wildman–Crippen MR) is 138 cm³/mol. The Labute approximate surface area is 219 Å². The molecule has 0 spiro atoms. The molecule has 1 saturated carbocycles. The highest BCUT2D eigenvalue weighted by molar-refractivity contribution is 7.91. The highest BCUT2D eigenvalue weighted by Gasteiger charge is 2.39. The Bertz CT molecular complexity index is 1360. The topological polar surface area (TPSA) is 83.4 Å². The molecule has 7 nitrogen and oxygen atoms in total. The Morgan fingerprint density at radius 3 is 2.13 bits per heavy atom. The molecule has 0 amide bonds. The molecule has 3 aromatic rings. The first-order valence-corrected chi connectivity index (χ1v) is 13.8. The Balaban J connectivity index is 1.45. The number of fused-ring (bicyclic) bond motifs is 2. The first kappa shape index (κ1) is 26.3. The quantitative estimate of drug-likeness (QED) is 0.374. The Hall–Kier alpha value is -3.28. The zero-order valence-corrected chi connectivity index (χ0v) is 21.4. The number of aliphatic hydroxyl groups is 1. The minimum absolute atomic E-state index is 0.199. The summed E-state index contributed by atoms with van der Waals surface area (Å²) < 4.78 is 68.7. The van der Waals surface area contributed by atoms with Crippen molar-refractivity contribution in [1.29, 1.82) is 0 Å². The van der Waals surface area contributed by atoms with Crippen LogP contribution in [0, 0.1) is 0 Å². The summed E-state index contributed by atoms with van der Waals surface area (Å²) in [5.41, 5.74) is 1.66. The van der Waals surface area contributed by atoms with Gasteiger partial charge in [-0.1, -0.05) is 37.1 Å².